The third kappa shape index (κ3) is 3.00. The SMILES string of the molecule is CNC1(CCN(C)C)C=CC(N)=C(OC)C1. The highest BCUT2D eigenvalue weighted by Gasteiger charge is 2.30. The number of nitrogens with one attached hydrogen (secondary N) is 1. The van der Waals surface area contributed by atoms with Gasteiger partial charge in [0.25, 0.3) is 0 Å². The number of allylic oxidation sites excluding steroid dienone is 1. The van der Waals surface area contributed by atoms with Crippen LogP contribution in [0.15, 0.2) is 23.6 Å². The molecule has 1 aliphatic rings. The number of methoxy groups -OCH3 is 1. The van der Waals surface area contributed by atoms with Gasteiger partial charge in [0.1, 0.15) is 5.76 Å². The second-order valence-corrected chi connectivity index (χ2v) is 4.55. The molecule has 3 N–H and O–H groups in total. The van der Waals surface area contributed by atoms with Crippen LogP contribution in [0.2, 0.25) is 0 Å². The number of rotatable bonds is 5. The first-order chi connectivity index (χ1) is 7.53. The van der Waals surface area contributed by atoms with Gasteiger partial charge in [-0.05, 0) is 40.2 Å². The lowest BCUT2D eigenvalue weighted by Crippen LogP contribution is -2.45. The molecule has 0 spiro atoms. The fraction of sp³-hybridized carbons (Fsp3) is 0.667. The summed E-state index contributed by atoms with van der Waals surface area (Å²) in [5, 5.41) is 3.37. The van der Waals surface area contributed by atoms with E-state index in [1.807, 2.05) is 13.1 Å². The maximum atomic E-state index is 5.85. The summed E-state index contributed by atoms with van der Waals surface area (Å²) in [5.74, 6) is 0.871. The van der Waals surface area contributed by atoms with Gasteiger partial charge in [-0.2, -0.15) is 0 Å². The van der Waals surface area contributed by atoms with E-state index in [9.17, 15) is 0 Å². The van der Waals surface area contributed by atoms with Crippen LogP contribution in [0.4, 0.5) is 0 Å². The van der Waals surface area contributed by atoms with Crippen molar-refractivity contribution in [1.82, 2.24) is 10.2 Å². The lowest BCUT2D eigenvalue weighted by atomic mass is 9.86. The Bertz CT molecular complexity index is 297. The van der Waals surface area contributed by atoms with Crippen molar-refractivity contribution in [2.75, 3.05) is 34.8 Å². The van der Waals surface area contributed by atoms with E-state index in [4.69, 9.17) is 10.5 Å². The van der Waals surface area contributed by atoms with Crippen molar-refractivity contribution in [3.63, 3.8) is 0 Å². The van der Waals surface area contributed by atoms with E-state index >= 15 is 0 Å². The molecule has 4 heteroatoms. The average Bonchev–Trinajstić information content (AvgIpc) is 2.28. The van der Waals surface area contributed by atoms with E-state index in [1.54, 1.807) is 7.11 Å². The van der Waals surface area contributed by atoms with Gasteiger partial charge >= 0.3 is 0 Å². The number of hydrogen-bond donors (Lipinski definition) is 2. The third-order valence-corrected chi connectivity index (χ3v) is 3.13. The molecule has 0 aromatic carbocycles. The van der Waals surface area contributed by atoms with Crippen molar-refractivity contribution in [3.8, 4) is 0 Å². The van der Waals surface area contributed by atoms with Gasteiger partial charge < -0.3 is 20.7 Å². The van der Waals surface area contributed by atoms with Crippen LogP contribution in [0.5, 0.6) is 0 Å². The quantitative estimate of drug-likeness (QED) is 0.722. The van der Waals surface area contributed by atoms with Gasteiger partial charge in [-0.15, -0.1) is 0 Å². The lowest BCUT2D eigenvalue weighted by molar-refractivity contribution is 0.228. The first-order valence-corrected chi connectivity index (χ1v) is 5.58. The molecule has 1 atom stereocenters. The number of ether oxygens (including phenoxy) is 1. The Morgan fingerprint density at radius 1 is 1.56 bits per heavy atom. The second-order valence-electron chi connectivity index (χ2n) is 4.55. The number of hydrogen-bond acceptors (Lipinski definition) is 4. The van der Waals surface area contributed by atoms with Gasteiger partial charge in [0, 0.05) is 12.0 Å². The lowest BCUT2D eigenvalue weighted by Gasteiger charge is -2.34. The highest BCUT2D eigenvalue weighted by atomic mass is 16.5. The summed E-state index contributed by atoms with van der Waals surface area (Å²) in [5.41, 5.74) is 6.56. The predicted octanol–water partition coefficient (Wildman–Crippen LogP) is 0.673. The normalized spacial score (nSPS) is 25.3. The van der Waals surface area contributed by atoms with Gasteiger partial charge in [-0.1, -0.05) is 6.08 Å². The molecule has 0 radical (unpaired) electrons. The fourth-order valence-electron chi connectivity index (χ4n) is 1.87. The summed E-state index contributed by atoms with van der Waals surface area (Å²) >= 11 is 0. The van der Waals surface area contributed by atoms with E-state index in [0.29, 0.717) is 0 Å². The van der Waals surface area contributed by atoms with Crippen molar-refractivity contribution in [3.05, 3.63) is 23.6 Å². The Hall–Kier alpha value is -1.00. The molecule has 0 aromatic rings. The highest BCUT2D eigenvalue weighted by Crippen LogP contribution is 2.28. The molecule has 92 valence electrons. The van der Waals surface area contributed by atoms with Crippen molar-refractivity contribution in [2.45, 2.75) is 18.4 Å². The number of nitrogens with zero attached hydrogens (tertiary/aromatic N) is 1. The van der Waals surface area contributed by atoms with Crippen LogP contribution in [0.25, 0.3) is 0 Å². The summed E-state index contributed by atoms with van der Waals surface area (Å²) in [7, 11) is 7.82. The molecule has 0 aromatic heterocycles. The van der Waals surface area contributed by atoms with Gasteiger partial charge in [-0.25, -0.2) is 0 Å². The molecule has 1 aliphatic carbocycles. The van der Waals surface area contributed by atoms with Crippen LogP contribution < -0.4 is 11.1 Å². The molecule has 16 heavy (non-hydrogen) atoms. The monoisotopic (exact) mass is 225 g/mol. The van der Waals surface area contributed by atoms with Crippen LogP contribution in [0.3, 0.4) is 0 Å². The second kappa shape index (κ2) is 5.37. The first-order valence-electron chi connectivity index (χ1n) is 5.58. The number of nitrogens with two attached hydrogens (primary N) is 1. The molecule has 0 saturated carbocycles. The number of likely N-dealkylation sites (N-methyl/N-ethyl adjacent to an activating group) is 1. The molecule has 0 amide bonds. The maximum Gasteiger partial charge on any atom is 0.120 e. The maximum absolute atomic E-state index is 5.85. The molecular formula is C12H23N3O. The van der Waals surface area contributed by atoms with Gasteiger partial charge in [0.2, 0.25) is 0 Å². The predicted molar refractivity (Wildman–Crippen MR) is 66.9 cm³/mol. The van der Waals surface area contributed by atoms with Crippen molar-refractivity contribution < 1.29 is 4.74 Å². The molecule has 0 bridgehead atoms. The van der Waals surface area contributed by atoms with Crippen LogP contribution in [-0.4, -0.2) is 45.2 Å². The molecular weight excluding hydrogens is 202 g/mol. The Morgan fingerprint density at radius 2 is 2.25 bits per heavy atom. The molecule has 0 heterocycles. The third-order valence-electron chi connectivity index (χ3n) is 3.13. The van der Waals surface area contributed by atoms with Crippen LogP contribution in [0.1, 0.15) is 12.8 Å². The summed E-state index contributed by atoms with van der Waals surface area (Å²) in [6.45, 7) is 1.03. The minimum absolute atomic E-state index is 0.0293. The fourth-order valence-corrected chi connectivity index (χ4v) is 1.87. The summed E-state index contributed by atoms with van der Waals surface area (Å²) in [4.78, 5) is 2.18. The van der Waals surface area contributed by atoms with Crippen molar-refractivity contribution in [1.29, 1.82) is 0 Å². The standard InChI is InChI=1S/C12H23N3O/c1-14-12(7-8-15(2)3)6-5-10(13)11(9-12)16-4/h5-6,14H,7-9,13H2,1-4H3. The first kappa shape index (κ1) is 13.1. The van der Waals surface area contributed by atoms with Gasteiger partial charge in [0.05, 0.1) is 12.8 Å². The minimum atomic E-state index is -0.0293. The Morgan fingerprint density at radius 3 is 2.75 bits per heavy atom. The van der Waals surface area contributed by atoms with Crippen LogP contribution in [0, 0.1) is 0 Å². The summed E-state index contributed by atoms with van der Waals surface area (Å²) in [6.07, 6.45) is 5.94. The minimum Gasteiger partial charge on any atom is -0.499 e. The molecule has 0 aliphatic heterocycles. The molecule has 1 rings (SSSR count). The zero-order valence-electron chi connectivity index (χ0n) is 10.7. The van der Waals surface area contributed by atoms with E-state index in [2.05, 4.69) is 30.4 Å². The summed E-state index contributed by atoms with van der Waals surface area (Å²) < 4.78 is 5.32. The van der Waals surface area contributed by atoms with Crippen molar-refractivity contribution >= 4 is 0 Å². The Labute approximate surface area is 98.1 Å². The smallest absolute Gasteiger partial charge is 0.120 e. The van der Waals surface area contributed by atoms with E-state index in [0.717, 1.165) is 30.8 Å². The van der Waals surface area contributed by atoms with E-state index in [-0.39, 0.29) is 5.54 Å². The molecule has 1 unspecified atom stereocenters. The van der Waals surface area contributed by atoms with Gasteiger partial charge in [0.15, 0.2) is 0 Å². The van der Waals surface area contributed by atoms with E-state index in [1.165, 1.54) is 0 Å². The summed E-state index contributed by atoms with van der Waals surface area (Å²) in [6, 6.07) is 0. The van der Waals surface area contributed by atoms with Crippen LogP contribution >= 0.6 is 0 Å². The zero-order chi connectivity index (χ0) is 12.2. The van der Waals surface area contributed by atoms with Crippen LogP contribution in [-0.2, 0) is 4.74 Å². The Balaban J connectivity index is 2.74. The zero-order valence-corrected chi connectivity index (χ0v) is 10.7. The van der Waals surface area contributed by atoms with Crippen molar-refractivity contribution in [2.24, 2.45) is 5.73 Å². The van der Waals surface area contributed by atoms with Gasteiger partial charge in [-0.3, -0.25) is 0 Å². The van der Waals surface area contributed by atoms with E-state index < -0.39 is 0 Å². The average molecular weight is 225 g/mol. The topological polar surface area (TPSA) is 50.5 Å². The Kier molecular flexibility index (Phi) is 4.38. The molecule has 0 fully saturated rings. The molecule has 4 nitrogen and oxygen atoms in total. The largest absolute Gasteiger partial charge is 0.499 e. The highest BCUT2D eigenvalue weighted by molar-refractivity contribution is 5.30. The molecule has 0 saturated heterocycles.